The maximum atomic E-state index is 8.69. The molecule has 0 aromatic rings. The second-order valence-electron chi connectivity index (χ2n) is 3.12. The Labute approximate surface area is 60.1 Å². The minimum atomic E-state index is -0.264. The van der Waals surface area contributed by atoms with Gasteiger partial charge in [0.15, 0.2) is 0 Å². The first-order chi connectivity index (χ1) is 4.74. The van der Waals surface area contributed by atoms with Crippen molar-refractivity contribution in [1.29, 1.82) is 5.26 Å². The smallest absolute Gasteiger partial charge is 0.100 e. The molecule has 2 bridgehead atoms. The van der Waals surface area contributed by atoms with Crippen LogP contribution in [0.15, 0.2) is 12.2 Å². The first-order valence-corrected chi connectivity index (χ1v) is 3.51. The molecule has 1 saturated heterocycles. The molecule has 0 spiro atoms. The summed E-state index contributed by atoms with van der Waals surface area (Å²) in [6, 6.07) is 2.26. The molecule has 3 unspecified atom stereocenters. The molecule has 10 heavy (non-hydrogen) atoms. The number of rotatable bonds is 0. The van der Waals surface area contributed by atoms with Gasteiger partial charge in [0, 0.05) is 0 Å². The summed E-state index contributed by atoms with van der Waals surface area (Å²) in [5, 5.41) is 8.69. The summed E-state index contributed by atoms with van der Waals surface area (Å²) in [6.45, 7) is 1.98. The number of nitriles is 1. The Morgan fingerprint density at radius 2 is 2.60 bits per heavy atom. The van der Waals surface area contributed by atoms with Crippen LogP contribution in [-0.2, 0) is 4.74 Å². The van der Waals surface area contributed by atoms with E-state index in [4.69, 9.17) is 10.00 Å². The molecule has 52 valence electrons. The fraction of sp³-hybridized carbons (Fsp3) is 0.625. The van der Waals surface area contributed by atoms with E-state index in [2.05, 4.69) is 6.07 Å². The Morgan fingerprint density at radius 3 is 2.90 bits per heavy atom. The normalized spacial score (nSPS) is 49.6. The summed E-state index contributed by atoms with van der Waals surface area (Å²) < 4.78 is 5.53. The van der Waals surface area contributed by atoms with E-state index in [1.54, 1.807) is 0 Å². The van der Waals surface area contributed by atoms with Gasteiger partial charge in [0.2, 0.25) is 0 Å². The molecule has 3 atom stereocenters. The molecule has 2 aliphatic heterocycles. The molecule has 2 heteroatoms. The first kappa shape index (κ1) is 5.94. The van der Waals surface area contributed by atoms with Crippen molar-refractivity contribution >= 4 is 0 Å². The average Bonchev–Trinajstić information content (AvgIpc) is 2.41. The van der Waals surface area contributed by atoms with Gasteiger partial charge in [-0.2, -0.15) is 5.26 Å². The van der Waals surface area contributed by atoms with Crippen LogP contribution in [0.25, 0.3) is 0 Å². The maximum absolute atomic E-state index is 8.69. The highest BCUT2D eigenvalue weighted by atomic mass is 16.5. The van der Waals surface area contributed by atoms with E-state index in [9.17, 15) is 0 Å². The number of hydrogen-bond donors (Lipinski definition) is 0. The van der Waals surface area contributed by atoms with E-state index < -0.39 is 0 Å². The standard InChI is InChI=1S/C8H9NO/c1-8-3-2-7(10-8)4-6(8)5-9/h2-3,6-7H,4H2,1H3. The summed E-state index contributed by atoms with van der Waals surface area (Å²) >= 11 is 0. The van der Waals surface area contributed by atoms with E-state index in [1.807, 2.05) is 19.1 Å². The Kier molecular flexibility index (Phi) is 0.959. The van der Waals surface area contributed by atoms with Crippen LogP contribution in [0.3, 0.4) is 0 Å². The summed E-state index contributed by atoms with van der Waals surface area (Å²) in [7, 11) is 0. The quantitative estimate of drug-likeness (QED) is 0.468. The van der Waals surface area contributed by atoms with E-state index in [-0.39, 0.29) is 17.6 Å². The maximum Gasteiger partial charge on any atom is 0.100 e. The fourth-order valence-corrected chi connectivity index (χ4v) is 1.68. The van der Waals surface area contributed by atoms with Gasteiger partial charge in [-0.1, -0.05) is 12.2 Å². The predicted molar refractivity (Wildman–Crippen MR) is 36.1 cm³/mol. The lowest BCUT2D eigenvalue weighted by Crippen LogP contribution is -2.26. The second-order valence-corrected chi connectivity index (χ2v) is 3.12. The highest BCUT2D eigenvalue weighted by Gasteiger charge is 2.46. The van der Waals surface area contributed by atoms with Crippen molar-refractivity contribution in [3.8, 4) is 6.07 Å². The van der Waals surface area contributed by atoms with Crippen molar-refractivity contribution in [3.63, 3.8) is 0 Å². The zero-order valence-corrected chi connectivity index (χ0v) is 5.87. The minimum Gasteiger partial charge on any atom is -0.362 e. The van der Waals surface area contributed by atoms with Gasteiger partial charge in [-0.15, -0.1) is 0 Å². The lowest BCUT2D eigenvalue weighted by Gasteiger charge is -2.19. The van der Waals surface area contributed by atoms with Gasteiger partial charge in [0.25, 0.3) is 0 Å². The summed E-state index contributed by atoms with van der Waals surface area (Å²) in [5.74, 6) is 0.0718. The number of hydrogen-bond acceptors (Lipinski definition) is 2. The van der Waals surface area contributed by atoms with Gasteiger partial charge in [0.05, 0.1) is 18.1 Å². The van der Waals surface area contributed by atoms with E-state index in [1.165, 1.54) is 0 Å². The zero-order chi connectivity index (χ0) is 7.19. The molecule has 2 heterocycles. The molecule has 2 nitrogen and oxygen atoms in total. The molecule has 0 saturated carbocycles. The van der Waals surface area contributed by atoms with Crippen LogP contribution in [0.1, 0.15) is 13.3 Å². The van der Waals surface area contributed by atoms with Gasteiger partial charge in [-0.05, 0) is 13.3 Å². The number of fused-ring (bicyclic) bond motifs is 2. The van der Waals surface area contributed by atoms with Crippen LogP contribution < -0.4 is 0 Å². The predicted octanol–water partition coefficient (Wildman–Crippen LogP) is 1.24. The summed E-state index contributed by atoms with van der Waals surface area (Å²) in [4.78, 5) is 0. The van der Waals surface area contributed by atoms with Crippen molar-refractivity contribution in [3.05, 3.63) is 12.2 Å². The van der Waals surface area contributed by atoms with Crippen LogP contribution in [0, 0.1) is 17.2 Å². The molecule has 2 aliphatic rings. The zero-order valence-electron chi connectivity index (χ0n) is 5.87. The third kappa shape index (κ3) is 0.559. The lowest BCUT2D eigenvalue weighted by atomic mass is 9.86. The Hall–Kier alpha value is -0.810. The van der Waals surface area contributed by atoms with E-state index in [0.29, 0.717) is 0 Å². The highest BCUT2D eigenvalue weighted by Crippen LogP contribution is 2.41. The molecule has 0 aromatic heterocycles. The highest BCUT2D eigenvalue weighted by molar-refractivity contribution is 5.22. The van der Waals surface area contributed by atoms with Crippen LogP contribution in [0.4, 0.5) is 0 Å². The van der Waals surface area contributed by atoms with Crippen molar-refractivity contribution in [2.24, 2.45) is 5.92 Å². The van der Waals surface area contributed by atoms with Crippen LogP contribution in [0.2, 0.25) is 0 Å². The molecular weight excluding hydrogens is 126 g/mol. The Bertz CT molecular complexity index is 228. The van der Waals surface area contributed by atoms with Gasteiger partial charge in [-0.25, -0.2) is 0 Å². The van der Waals surface area contributed by atoms with E-state index >= 15 is 0 Å². The molecule has 0 aromatic carbocycles. The Balaban J connectivity index is 2.33. The van der Waals surface area contributed by atoms with Gasteiger partial charge in [0.1, 0.15) is 5.60 Å². The number of nitrogens with zero attached hydrogens (tertiary/aromatic N) is 1. The average molecular weight is 135 g/mol. The molecule has 0 amide bonds. The van der Waals surface area contributed by atoms with Crippen molar-refractivity contribution in [1.82, 2.24) is 0 Å². The van der Waals surface area contributed by atoms with Crippen molar-refractivity contribution in [2.45, 2.75) is 25.0 Å². The van der Waals surface area contributed by atoms with E-state index in [0.717, 1.165) is 6.42 Å². The molecule has 0 N–H and O–H groups in total. The van der Waals surface area contributed by atoms with Crippen molar-refractivity contribution in [2.75, 3.05) is 0 Å². The Morgan fingerprint density at radius 1 is 1.80 bits per heavy atom. The third-order valence-electron chi connectivity index (χ3n) is 2.36. The molecule has 1 fully saturated rings. The minimum absolute atomic E-state index is 0.0718. The van der Waals surface area contributed by atoms with Crippen LogP contribution in [0.5, 0.6) is 0 Å². The van der Waals surface area contributed by atoms with Gasteiger partial charge >= 0.3 is 0 Å². The van der Waals surface area contributed by atoms with Crippen LogP contribution >= 0.6 is 0 Å². The molecule has 2 rings (SSSR count). The van der Waals surface area contributed by atoms with Gasteiger partial charge < -0.3 is 4.74 Å². The fourth-order valence-electron chi connectivity index (χ4n) is 1.68. The SMILES string of the molecule is CC12C=CC(CC1C#N)O2. The first-order valence-electron chi connectivity index (χ1n) is 3.51. The molecule has 0 aliphatic carbocycles. The van der Waals surface area contributed by atoms with Crippen molar-refractivity contribution < 1.29 is 4.74 Å². The largest absolute Gasteiger partial charge is 0.362 e. The lowest BCUT2D eigenvalue weighted by molar-refractivity contribution is 0.0363. The van der Waals surface area contributed by atoms with Gasteiger partial charge in [-0.3, -0.25) is 0 Å². The third-order valence-corrected chi connectivity index (χ3v) is 2.36. The summed E-state index contributed by atoms with van der Waals surface area (Å²) in [5.41, 5.74) is -0.264. The second kappa shape index (κ2) is 1.62. The summed E-state index contributed by atoms with van der Waals surface area (Å²) in [6.07, 6.45) is 5.15. The number of ether oxygens (including phenoxy) is 1. The van der Waals surface area contributed by atoms with Crippen LogP contribution in [-0.4, -0.2) is 11.7 Å². The monoisotopic (exact) mass is 135 g/mol. The molecule has 0 radical (unpaired) electrons. The topological polar surface area (TPSA) is 33.0 Å². The molecular formula is C8H9NO.